The van der Waals surface area contributed by atoms with E-state index >= 15 is 0 Å². The molecule has 3 nitrogen and oxygen atoms in total. The van der Waals surface area contributed by atoms with Crippen LogP contribution in [0.3, 0.4) is 0 Å². The molecule has 3 aliphatic rings. The quantitative estimate of drug-likeness (QED) is 0.801. The lowest BCUT2D eigenvalue weighted by Crippen LogP contribution is -2.41. The van der Waals surface area contributed by atoms with Gasteiger partial charge in [-0.2, -0.15) is 0 Å². The first kappa shape index (κ1) is 14.1. The molecule has 4 heteroatoms. The van der Waals surface area contributed by atoms with Gasteiger partial charge in [-0.1, -0.05) is 36.4 Å². The Morgan fingerprint density at radius 2 is 1.73 bits per heavy atom. The highest BCUT2D eigenvalue weighted by atomic mass is 16.7. The maximum absolute atomic E-state index is 6.16. The molecule has 0 saturated carbocycles. The highest BCUT2D eigenvalue weighted by molar-refractivity contribution is 6.55. The van der Waals surface area contributed by atoms with Gasteiger partial charge in [0, 0.05) is 11.6 Å². The first-order chi connectivity index (χ1) is 10.4. The molecule has 0 spiro atoms. The third-order valence-electron chi connectivity index (χ3n) is 5.42. The van der Waals surface area contributed by atoms with Crippen LogP contribution in [0.1, 0.15) is 39.2 Å². The molecule has 0 radical (unpaired) electrons. The lowest BCUT2D eigenvalue weighted by molar-refractivity contribution is 0.00578. The molecule has 4 rings (SSSR count). The van der Waals surface area contributed by atoms with Gasteiger partial charge in [0.15, 0.2) is 0 Å². The van der Waals surface area contributed by atoms with Gasteiger partial charge in [-0.3, -0.25) is 0 Å². The van der Waals surface area contributed by atoms with Gasteiger partial charge in [0.2, 0.25) is 0 Å². The summed E-state index contributed by atoms with van der Waals surface area (Å²) in [5, 5.41) is 3.59. The molecule has 1 aliphatic carbocycles. The SMILES string of the molecule is CC1(C)OB(C2=C[C@H]3Nc4ccccc4[C@@H]3C=C2)OC1(C)C. The Morgan fingerprint density at radius 3 is 2.45 bits per heavy atom. The van der Waals surface area contributed by atoms with Crippen molar-refractivity contribution >= 4 is 12.8 Å². The van der Waals surface area contributed by atoms with E-state index in [1.807, 2.05) is 0 Å². The number of rotatable bonds is 1. The molecular formula is C18H22BNO2. The Hall–Kier alpha value is -1.52. The zero-order valence-corrected chi connectivity index (χ0v) is 13.6. The summed E-state index contributed by atoms with van der Waals surface area (Å²) in [5.74, 6) is 0.405. The smallest absolute Gasteiger partial charge is 0.399 e. The van der Waals surface area contributed by atoms with Crippen LogP contribution in [0.5, 0.6) is 0 Å². The minimum atomic E-state index is -0.296. The van der Waals surface area contributed by atoms with Gasteiger partial charge < -0.3 is 14.6 Å². The van der Waals surface area contributed by atoms with Crippen LogP contribution in [0, 0.1) is 0 Å². The number of anilines is 1. The monoisotopic (exact) mass is 295 g/mol. The summed E-state index contributed by atoms with van der Waals surface area (Å²) >= 11 is 0. The predicted molar refractivity (Wildman–Crippen MR) is 89.9 cm³/mol. The normalized spacial score (nSPS) is 30.5. The molecule has 22 heavy (non-hydrogen) atoms. The first-order valence-electron chi connectivity index (χ1n) is 7.98. The minimum Gasteiger partial charge on any atom is -0.399 e. The van der Waals surface area contributed by atoms with Crippen molar-refractivity contribution in [2.24, 2.45) is 0 Å². The van der Waals surface area contributed by atoms with Crippen molar-refractivity contribution in [3.05, 3.63) is 53.5 Å². The van der Waals surface area contributed by atoms with Crippen LogP contribution in [0.15, 0.2) is 48.0 Å². The molecule has 1 N–H and O–H groups in total. The van der Waals surface area contributed by atoms with E-state index in [1.165, 1.54) is 11.3 Å². The third kappa shape index (κ3) is 1.98. The molecule has 1 saturated heterocycles. The average molecular weight is 295 g/mol. The largest absolute Gasteiger partial charge is 0.494 e. The average Bonchev–Trinajstić information content (AvgIpc) is 2.93. The summed E-state index contributed by atoms with van der Waals surface area (Å²) in [7, 11) is -0.285. The van der Waals surface area contributed by atoms with E-state index in [0.29, 0.717) is 5.92 Å². The lowest BCUT2D eigenvalue weighted by atomic mass is 9.73. The molecule has 114 valence electrons. The van der Waals surface area contributed by atoms with E-state index in [0.717, 1.165) is 5.47 Å². The molecule has 1 fully saturated rings. The van der Waals surface area contributed by atoms with Gasteiger partial charge in [0.1, 0.15) is 0 Å². The molecule has 0 unspecified atom stereocenters. The lowest BCUT2D eigenvalue weighted by Gasteiger charge is -2.32. The molecule has 1 aromatic rings. The highest BCUT2D eigenvalue weighted by Crippen LogP contribution is 2.43. The number of fused-ring (bicyclic) bond motifs is 3. The molecular weight excluding hydrogens is 273 g/mol. The van der Waals surface area contributed by atoms with Gasteiger partial charge in [0.05, 0.1) is 17.2 Å². The van der Waals surface area contributed by atoms with Gasteiger partial charge in [-0.15, -0.1) is 0 Å². The zero-order valence-electron chi connectivity index (χ0n) is 13.6. The van der Waals surface area contributed by atoms with Crippen molar-refractivity contribution in [1.82, 2.24) is 0 Å². The predicted octanol–water partition coefficient (Wildman–Crippen LogP) is 3.69. The van der Waals surface area contributed by atoms with E-state index in [2.05, 4.69) is 75.5 Å². The summed E-state index contributed by atoms with van der Waals surface area (Å²) in [5.41, 5.74) is 3.12. The molecule has 2 heterocycles. The van der Waals surface area contributed by atoms with E-state index in [4.69, 9.17) is 9.31 Å². The second-order valence-electron chi connectivity index (χ2n) is 7.40. The van der Waals surface area contributed by atoms with Crippen molar-refractivity contribution in [3.8, 4) is 0 Å². The summed E-state index contributed by atoms with van der Waals surface area (Å²) < 4.78 is 12.3. The number of benzene rings is 1. The van der Waals surface area contributed by atoms with Gasteiger partial charge in [-0.25, -0.2) is 0 Å². The van der Waals surface area contributed by atoms with Crippen LogP contribution in [0.2, 0.25) is 0 Å². The fourth-order valence-corrected chi connectivity index (χ4v) is 3.36. The van der Waals surface area contributed by atoms with E-state index in [9.17, 15) is 0 Å². The molecule has 2 atom stereocenters. The van der Waals surface area contributed by atoms with Crippen LogP contribution >= 0.6 is 0 Å². The first-order valence-corrected chi connectivity index (χ1v) is 7.98. The van der Waals surface area contributed by atoms with E-state index in [1.54, 1.807) is 0 Å². The van der Waals surface area contributed by atoms with Crippen LogP contribution in [0.25, 0.3) is 0 Å². The number of nitrogens with one attached hydrogen (secondary N) is 1. The van der Waals surface area contributed by atoms with Gasteiger partial charge >= 0.3 is 7.12 Å². The molecule has 0 bridgehead atoms. The number of hydrogen-bond acceptors (Lipinski definition) is 3. The van der Waals surface area contributed by atoms with Crippen LogP contribution in [0.4, 0.5) is 5.69 Å². The Bertz CT molecular complexity index is 661. The molecule has 2 aliphatic heterocycles. The van der Waals surface area contributed by atoms with Crippen molar-refractivity contribution in [2.75, 3.05) is 5.32 Å². The standard InChI is InChI=1S/C18H22BNO2/c1-17(2)18(3,4)22-19(21-17)12-9-10-14-13-7-5-6-8-15(13)20-16(14)11-12/h5-11,14,16,20H,1-4H3/t14-,16+/m0/s1. The maximum Gasteiger partial charge on any atom is 0.494 e. The van der Waals surface area contributed by atoms with Crippen molar-refractivity contribution < 1.29 is 9.31 Å². The Morgan fingerprint density at radius 1 is 1.05 bits per heavy atom. The number of hydrogen-bond donors (Lipinski definition) is 1. The topological polar surface area (TPSA) is 30.5 Å². The Labute approximate surface area is 132 Å². The fraction of sp³-hybridized carbons (Fsp3) is 0.444. The van der Waals surface area contributed by atoms with Gasteiger partial charge in [0.25, 0.3) is 0 Å². The maximum atomic E-state index is 6.16. The van der Waals surface area contributed by atoms with Crippen LogP contribution < -0.4 is 5.32 Å². The third-order valence-corrected chi connectivity index (χ3v) is 5.42. The van der Waals surface area contributed by atoms with E-state index in [-0.39, 0.29) is 24.4 Å². The van der Waals surface area contributed by atoms with Crippen molar-refractivity contribution in [1.29, 1.82) is 0 Å². The molecule has 0 amide bonds. The summed E-state index contributed by atoms with van der Waals surface area (Å²) in [6, 6.07) is 8.81. The van der Waals surface area contributed by atoms with Crippen molar-refractivity contribution in [2.45, 2.75) is 50.9 Å². The second kappa shape index (κ2) is 4.50. The minimum absolute atomic E-state index is 0.285. The fourth-order valence-electron chi connectivity index (χ4n) is 3.36. The van der Waals surface area contributed by atoms with Gasteiger partial charge in [-0.05, 0) is 44.8 Å². The summed E-state index contributed by atoms with van der Waals surface area (Å²) in [6.45, 7) is 8.36. The number of allylic oxidation sites excluding steroid dienone is 2. The molecule has 1 aromatic carbocycles. The zero-order chi connectivity index (χ0) is 15.5. The van der Waals surface area contributed by atoms with Crippen LogP contribution in [-0.2, 0) is 9.31 Å². The highest BCUT2D eigenvalue weighted by Gasteiger charge is 2.52. The Balaban J connectivity index is 1.60. The number of para-hydroxylation sites is 1. The van der Waals surface area contributed by atoms with E-state index < -0.39 is 0 Å². The van der Waals surface area contributed by atoms with Crippen molar-refractivity contribution in [3.63, 3.8) is 0 Å². The Kier molecular flexibility index (Phi) is 2.88. The summed E-state index contributed by atoms with van der Waals surface area (Å²) in [6.07, 6.45) is 6.68. The summed E-state index contributed by atoms with van der Waals surface area (Å²) in [4.78, 5) is 0. The second-order valence-corrected chi connectivity index (χ2v) is 7.40. The molecule has 0 aromatic heterocycles. The van der Waals surface area contributed by atoms with Crippen LogP contribution in [-0.4, -0.2) is 24.4 Å².